The Morgan fingerprint density at radius 2 is 1.95 bits per heavy atom. The highest BCUT2D eigenvalue weighted by Gasteiger charge is 2.59. The van der Waals surface area contributed by atoms with Crippen LogP contribution in [0, 0.1) is 17.2 Å². The molecule has 5 rings (SSSR count). The van der Waals surface area contributed by atoms with Gasteiger partial charge in [-0.2, -0.15) is 18.4 Å². The number of amides is 1. The van der Waals surface area contributed by atoms with E-state index in [1.54, 1.807) is 4.90 Å². The largest absolute Gasteiger partial charge is 0.493 e. The lowest BCUT2D eigenvalue weighted by Gasteiger charge is -2.43. The molecule has 214 valence electrons. The van der Waals surface area contributed by atoms with Crippen LogP contribution in [0.3, 0.4) is 0 Å². The number of carbonyl (C=O) groups is 1. The van der Waals surface area contributed by atoms with E-state index < -0.39 is 23.0 Å². The van der Waals surface area contributed by atoms with Crippen molar-refractivity contribution in [1.29, 1.82) is 5.26 Å². The third-order valence-corrected chi connectivity index (χ3v) is 8.43. The first-order chi connectivity index (χ1) is 18.7. The summed E-state index contributed by atoms with van der Waals surface area (Å²) in [5.74, 6) is 1.07. The monoisotopic (exact) mass is 593 g/mol. The molecule has 1 spiro atoms. The average Bonchev–Trinajstić information content (AvgIpc) is 3.15. The third kappa shape index (κ3) is 5.37. The van der Waals surface area contributed by atoms with Gasteiger partial charge in [0.2, 0.25) is 0 Å². The Labute approximate surface area is 243 Å². The molecule has 1 amide bonds. The van der Waals surface area contributed by atoms with E-state index in [9.17, 15) is 18.0 Å². The van der Waals surface area contributed by atoms with Crippen LogP contribution >= 0.6 is 24.6 Å². The summed E-state index contributed by atoms with van der Waals surface area (Å²) in [5.41, 5.74) is -1.32. The molecule has 2 aromatic rings. The molecular weight excluding hydrogens is 563 g/mol. The van der Waals surface area contributed by atoms with Crippen LogP contribution in [0.2, 0.25) is 0 Å². The van der Waals surface area contributed by atoms with E-state index in [4.69, 9.17) is 22.2 Å². The fraction of sp³-hybridized carbons (Fsp3) is 0.500. The molecule has 0 radical (unpaired) electrons. The van der Waals surface area contributed by atoms with Gasteiger partial charge in [-0.25, -0.2) is 4.98 Å². The Morgan fingerprint density at radius 3 is 2.55 bits per heavy atom. The number of thiocarbonyl (C=S) groups is 1. The highest BCUT2D eigenvalue weighted by atomic mass is 35.5. The van der Waals surface area contributed by atoms with Crippen LogP contribution in [-0.2, 0) is 17.4 Å². The van der Waals surface area contributed by atoms with Crippen molar-refractivity contribution in [1.82, 2.24) is 10.3 Å². The van der Waals surface area contributed by atoms with E-state index in [0.717, 1.165) is 67.2 Å². The summed E-state index contributed by atoms with van der Waals surface area (Å²) >= 11 is 5.73. The molecule has 3 aliphatic rings. The first-order valence-electron chi connectivity index (χ1n) is 13.3. The van der Waals surface area contributed by atoms with Crippen LogP contribution in [0.25, 0.3) is 0 Å². The van der Waals surface area contributed by atoms with Crippen LogP contribution in [0.1, 0.15) is 62.3 Å². The second-order valence-corrected chi connectivity index (χ2v) is 10.7. The minimum absolute atomic E-state index is 0. The predicted octanol–water partition coefficient (Wildman–Crippen LogP) is 5.79. The van der Waals surface area contributed by atoms with Crippen molar-refractivity contribution >= 4 is 47.0 Å². The Balaban J connectivity index is 0.00000370. The summed E-state index contributed by atoms with van der Waals surface area (Å²) in [5, 5.41) is 12.6. The van der Waals surface area contributed by atoms with E-state index in [1.807, 2.05) is 25.1 Å². The summed E-state index contributed by atoms with van der Waals surface area (Å²) in [4.78, 5) is 20.3. The maximum absolute atomic E-state index is 13.7. The van der Waals surface area contributed by atoms with Crippen LogP contribution in [0.15, 0.2) is 30.5 Å². The number of aryl methyl sites for hydroxylation is 1. The lowest BCUT2D eigenvalue weighted by Crippen LogP contribution is -2.55. The number of benzene rings is 1. The van der Waals surface area contributed by atoms with E-state index in [-0.39, 0.29) is 29.1 Å². The first kappa shape index (κ1) is 30.0. The minimum atomic E-state index is -4.80. The number of anilines is 2. The van der Waals surface area contributed by atoms with E-state index in [1.165, 1.54) is 6.07 Å². The quantitative estimate of drug-likeness (QED) is 0.407. The van der Waals surface area contributed by atoms with Crippen molar-refractivity contribution in [3.05, 3.63) is 47.3 Å². The number of piperidine rings is 1. The Bertz CT molecular complexity index is 1320. The second kappa shape index (κ2) is 11.9. The van der Waals surface area contributed by atoms with Crippen molar-refractivity contribution < 1.29 is 22.7 Å². The number of hydrogen-bond donors (Lipinski definition) is 1. The lowest BCUT2D eigenvalue weighted by molar-refractivity contribution is -0.138. The average molecular weight is 594 g/mol. The molecule has 3 fully saturated rings. The maximum atomic E-state index is 13.7. The lowest BCUT2D eigenvalue weighted by atomic mass is 9.75. The molecule has 0 bridgehead atoms. The van der Waals surface area contributed by atoms with Gasteiger partial charge in [0, 0.05) is 5.69 Å². The zero-order valence-electron chi connectivity index (χ0n) is 22.1. The minimum Gasteiger partial charge on any atom is -0.493 e. The normalized spacial score (nSPS) is 18.9. The van der Waals surface area contributed by atoms with E-state index >= 15 is 0 Å². The van der Waals surface area contributed by atoms with Gasteiger partial charge in [-0.15, -0.1) is 12.4 Å². The summed E-state index contributed by atoms with van der Waals surface area (Å²) < 4.78 is 47.0. The van der Waals surface area contributed by atoms with Crippen molar-refractivity contribution in [3.8, 4) is 11.8 Å². The number of pyridine rings is 1. The number of nitrogens with zero attached hydrogens (tertiary/aromatic N) is 4. The number of rotatable bonds is 7. The van der Waals surface area contributed by atoms with Gasteiger partial charge in [0.05, 0.1) is 24.1 Å². The van der Waals surface area contributed by atoms with Crippen LogP contribution < -0.4 is 19.9 Å². The number of hydrogen-bond acceptors (Lipinski definition) is 6. The summed E-state index contributed by atoms with van der Waals surface area (Å²) in [6, 6.07) is 7.97. The number of nitriles is 1. The van der Waals surface area contributed by atoms with Crippen LogP contribution in [0.4, 0.5) is 24.5 Å². The van der Waals surface area contributed by atoms with Gasteiger partial charge >= 0.3 is 6.18 Å². The fourth-order valence-corrected chi connectivity index (χ4v) is 6.19. The molecule has 2 aliphatic heterocycles. The number of carbonyl (C=O) groups excluding carboxylic acids is 1. The topological polar surface area (TPSA) is 81.5 Å². The smallest absolute Gasteiger partial charge is 0.419 e. The third-order valence-electron chi connectivity index (χ3n) is 8.06. The second-order valence-electron chi connectivity index (χ2n) is 10.3. The number of aromatic nitrogens is 1. The van der Waals surface area contributed by atoms with Gasteiger partial charge in [0.1, 0.15) is 17.4 Å². The molecular formula is C28H31ClF3N5O2S. The Kier molecular flexibility index (Phi) is 8.93. The standard InChI is InChI=1S/C28H30F3N5O2S.ClH/c1-2-19-14-20(4-5-24(19)38-13-8-18-6-11-33-12-7-18)36-26(39)35(25(37)27(36)9-3-10-27)21-15-22(28(29,30)31)23(16-32)34-17-21;/h4-5,14-15,17-18,33H,2-3,6-13H2,1H3;1H. The van der Waals surface area contributed by atoms with Crippen molar-refractivity contribution in [2.75, 3.05) is 29.5 Å². The zero-order chi connectivity index (χ0) is 27.8. The van der Waals surface area contributed by atoms with E-state index in [2.05, 4.69) is 10.3 Å². The highest BCUT2D eigenvalue weighted by Crippen LogP contribution is 2.48. The maximum Gasteiger partial charge on any atom is 0.419 e. The molecule has 0 atom stereocenters. The van der Waals surface area contributed by atoms with Gasteiger partial charge in [-0.3, -0.25) is 9.69 Å². The SMILES string of the molecule is CCc1cc(N2C(=S)N(c3cnc(C#N)c(C(F)(F)F)c3)C(=O)C23CCC3)ccc1OCCC1CCNCC1.Cl. The van der Waals surface area contributed by atoms with E-state index in [0.29, 0.717) is 37.5 Å². The van der Waals surface area contributed by atoms with Crippen molar-refractivity contribution in [2.24, 2.45) is 5.92 Å². The number of nitrogens with one attached hydrogen (secondary N) is 1. The zero-order valence-corrected chi connectivity index (χ0v) is 23.7. The molecule has 40 heavy (non-hydrogen) atoms. The van der Waals surface area contributed by atoms with Gasteiger partial charge in [0.15, 0.2) is 10.8 Å². The Morgan fingerprint density at radius 1 is 1.23 bits per heavy atom. The Hall–Kier alpha value is -2.94. The van der Waals surface area contributed by atoms with Gasteiger partial charge in [0.25, 0.3) is 5.91 Å². The van der Waals surface area contributed by atoms with Crippen LogP contribution in [-0.4, -0.2) is 41.2 Å². The van der Waals surface area contributed by atoms with Crippen molar-refractivity contribution in [2.45, 2.75) is 63.6 Å². The number of halogens is 4. The fourth-order valence-electron chi connectivity index (χ4n) is 5.72. The van der Waals surface area contributed by atoms with Crippen LogP contribution in [0.5, 0.6) is 5.75 Å². The number of alkyl halides is 3. The van der Waals surface area contributed by atoms with Gasteiger partial charge in [-0.1, -0.05) is 6.92 Å². The molecule has 1 N–H and O–H groups in total. The summed E-state index contributed by atoms with van der Waals surface area (Å²) in [6.45, 7) is 4.74. The molecule has 1 aromatic heterocycles. The summed E-state index contributed by atoms with van der Waals surface area (Å²) in [6.07, 6.45) is 2.18. The van der Waals surface area contributed by atoms with Crippen molar-refractivity contribution in [3.63, 3.8) is 0 Å². The molecule has 1 saturated carbocycles. The molecule has 0 unspecified atom stereocenters. The molecule has 7 nitrogen and oxygen atoms in total. The van der Waals surface area contributed by atoms with Gasteiger partial charge in [-0.05, 0) is 106 Å². The molecule has 12 heteroatoms. The molecule has 2 saturated heterocycles. The summed E-state index contributed by atoms with van der Waals surface area (Å²) in [7, 11) is 0. The number of ether oxygens (including phenoxy) is 1. The molecule has 1 aliphatic carbocycles. The predicted molar refractivity (Wildman–Crippen MR) is 152 cm³/mol. The highest BCUT2D eigenvalue weighted by molar-refractivity contribution is 7.81. The molecule has 1 aromatic carbocycles. The first-order valence-corrected chi connectivity index (χ1v) is 13.7. The van der Waals surface area contributed by atoms with Gasteiger partial charge < -0.3 is 15.0 Å². The molecule has 3 heterocycles.